The van der Waals surface area contributed by atoms with Crippen molar-refractivity contribution < 1.29 is 9.59 Å². The van der Waals surface area contributed by atoms with Gasteiger partial charge in [0.1, 0.15) is 0 Å². The van der Waals surface area contributed by atoms with Gasteiger partial charge < -0.3 is 14.8 Å². The van der Waals surface area contributed by atoms with Crippen LogP contribution in [0.25, 0.3) is 0 Å². The van der Waals surface area contributed by atoms with Crippen molar-refractivity contribution in [3.05, 3.63) is 23.0 Å². The van der Waals surface area contributed by atoms with Crippen molar-refractivity contribution in [1.82, 2.24) is 14.8 Å². The third-order valence-corrected chi connectivity index (χ3v) is 4.27. The molecule has 2 heterocycles. The fourth-order valence-electron chi connectivity index (χ4n) is 3.01. The largest absolute Gasteiger partial charge is 0.362 e. The molecule has 1 aliphatic rings. The summed E-state index contributed by atoms with van der Waals surface area (Å²) in [6.45, 7) is 12.8. The smallest absolute Gasteiger partial charge is 0.227 e. The molecule has 0 bridgehead atoms. The first-order valence-electron chi connectivity index (χ1n) is 8.36. The Kier molecular flexibility index (Phi) is 5.17. The first kappa shape index (κ1) is 17.6. The Morgan fingerprint density at radius 2 is 1.57 bits per heavy atom. The van der Waals surface area contributed by atoms with Crippen molar-refractivity contribution in [3.8, 4) is 0 Å². The molecule has 2 rings (SSSR count). The molecule has 0 spiro atoms. The van der Waals surface area contributed by atoms with Crippen molar-refractivity contribution in [2.45, 2.75) is 47.5 Å². The predicted octanol–water partition coefficient (Wildman–Crippen LogP) is 2.28. The highest BCUT2D eigenvalue weighted by Crippen LogP contribution is 2.20. The summed E-state index contributed by atoms with van der Waals surface area (Å²) in [5, 5.41) is 0. The SMILES string of the molecule is Cc1cc(CC(=O)N2CCN(C(=O)CC(C)(C)C)CC2)c(C)[nH]1. The molecule has 23 heavy (non-hydrogen) atoms. The number of aromatic amines is 1. The van der Waals surface area contributed by atoms with Gasteiger partial charge in [0, 0.05) is 44.0 Å². The van der Waals surface area contributed by atoms with Gasteiger partial charge in [0.25, 0.3) is 0 Å². The highest BCUT2D eigenvalue weighted by molar-refractivity contribution is 5.80. The zero-order valence-electron chi connectivity index (χ0n) is 15.0. The molecule has 0 unspecified atom stereocenters. The van der Waals surface area contributed by atoms with E-state index in [-0.39, 0.29) is 17.2 Å². The van der Waals surface area contributed by atoms with E-state index in [0.29, 0.717) is 39.0 Å². The van der Waals surface area contributed by atoms with Gasteiger partial charge >= 0.3 is 0 Å². The number of aromatic nitrogens is 1. The minimum absolute atomic E-state index is 0.00765. The Balaban J connectivity index is 1.85. The number of nitrogens with one attached hydrogen (secondary N) is 1. The van der Waals surface area contributed by atoms with Crippen molar-refractivity contribution in [2.24, 2.45) is 5.41 Å². The lowest BCUT2D eigenvalue weighted by atomic mass is 9.91. The monoisotopic (exact) mass is 319 g/mol. The lowest BCUT2D eigenvalue weighted by Crippen LogP contribution is -2.51. The number of aryl methyl sites for hydroxylation is 2. The molecule has 1 aromatic rings. The second-order valence-corrected chi connectivity index (χ2v) is 7.78. The summed E-state index contributed by atoms with van der Waals surface area (Å²) in [4.78, 5) is 31.7. The summed E-state index contributed by atoms with van der Waals surface area (Å²) in [6, 6.07) is 2.04. The summed E-state index contributed by atoms with van der Waals surface area (Å²) < 4.78 is 0. The minimum Gasteiger partial charge on any atom is -0.362 e. The summed E-state index contributed by atoms with van der Waals surface area (Å²) >= 11 is 0. The molecule has 0 saturated carbocycles. The maximum atomic E-state index is 12.4. The van der Waals surface area contributed by atoms with Gasteiger partial charge in [0.05, 0.1) is 6.42 Å². The summed E-state index contributed by atoms with van der Waals surface area (Å²) in [5.74, 6) is 0.344. The van der Waals surface area contributed by atoms with Crippen LogP contribution in [0.5, 0.6) is 0 Å². The molecule has 0 aliphatic carbocycles. The maximum Gasteiger partial charge on any atom is 0.227 e. The molecule has 0 radical (unpaired) electrons. The molecule has 1 aromatic heterocycles. The van der Waals surface area contributed by atoms with Crippen LogP contribution in [-0.2, 0) is 16.0 Å². The van der Waals surface area contributed by atoms with Crippen LogP contribution in [0.4, 0.5) is 0 Å². The molecule has 1 N–H and O–H groups in total. The number of hydrogen-bond acceptors (Lipinski definition) is 2. The first-order valence-corrected chi connectivity index (χ1v) is 8.36. The molecule has 0 atom stereocenters. The Hall–Kier alpha value is -1.78. The van der Waals surface area contributed by atoms with Crippen molar-refractivity contribution in [1.29, 1.82) is 0 Å². The number of hydrogen-bond donors (Lipinski definition) is 1. The normalized spacial score (nSPS) is 15.9. The number of carbonyl (C=O) groups excluding carboxylic acids is 2. The Bertz CT molecular complexity index is 576. The van der Waals surface area contributed by atoms with E-state index in [1.165, 1.54) is 0 Å². The Labute approximate surface area is 139 Å². The lowest BCUT2D eigenvalue weighted by Gasteiger charge is -2.36. The van der Waals surface area contributed by atoms with Crippen LogP contribution < -0.4 is 0 Å². The van der Waals surface area contributed by atoms with Crippen LogP contribution in [0.1, 0.15) is 44.1 Å². The molecule has 0 aromatic carbocycles. The van der Waals surface area contributed by atoms with E-state index in [2.05, 4.69) is 25.8 Å². The van der Waals surface area contributed by atoms with E-state index in [4.69, 9.17) is 0 Å². The number of H-pyrrole nitrogens is 1. The van der Waals surface area contributed by atoms with Crippen LogP contribution in [0.15, 0.2) is 6.07 Å². The van der Waals surface area contributed by atoms with Gasteiger partial charge in [-0.3, -0.25) is 9.59 Å². The topological polar surface area (TPSA) is 56.4 Å². The first-order chi connectivity index (χ1) is 10.7. The molecule has 128 valence electrons. The molecular weight excluding hydrogens is 290 g/mol. The number of amides is 2. The van der Waals surface area contributed by atoms with E-state index in [1.807, 2.05) is 29.7 Å². The van der Waals surface area contributed by atoms with Crippen molar-refractivity contribution >= 4 is 11.8 Å². The predicted molar refractivity (Wildman–Crippen MR) is 91.2 cm³/mol. The third kappa shape index (κ3) is 4.85. The fourth-order valence-corrected chi connectivity index (χ4v) is 3.01. The summed E-state index contributed by atoms with van der Waals surface area (Å²) in [5.41, 5.74) is 3.23. The number of rotatable bonds is 3. The number of carbonyl (C=O) groups is 2. The van der Waals surface area contributed by atoms with E-state index in [9.17, 15) is 9.59 Å². The van der Waals surface area contributed by atoms with Gasteiger partial charge in [-0.1, -0.05) is 20.8 Å². The zero-order valence-corrected chi connectivity index (χ0v) is 15.0. The van der Waals surface area contributed by atoms with Gasteiger partial charge in [-0.2, -0.15) is 0 Å². The van der Waals surface area contributed by atoms with Gasteiger partial charge in [-0.15, -0.1) is 0 Å². The fraction of sp³-hybridized carbons (Fsp3) is 0.667. The molecule has 5 nitrogen and oxygen atoms in total. The van der Waals surface area contributed by atoms with E-state index in [0.717, 1.165) is 17.0 Å². The summed E-state index contributed by atoms with van der Waals surface area (Å²) in [6.07, 6.45) is 0.995. The molecule has 5 heteroatoms. The quantitative estimate of drug-likeness (QED) is 0.929. The van der Waals surface area contributed by atoms with E-state index >= 15 is 0 Å². The van der Waals surface area contributed by atoms with Gasteiger partial charge in [0.15, 0.2) is 0 Å². The Morgan fingerprint density at radius 3 is 2.00 bits per heavy atom. The molecular formula is C18H29N3O2. The minimum atomic E-state index is 0.00765. The van der Waals surface area contributed by atoms with Gasteiger partial charge in [0.2, 0.25) is 11.8 Å². The van der Waals surface area contributed by atoms with E-state index in [1.54, 1.807) is 0 Å². The average Bonchev–Trinajstić information content (AvgIpc) is 2.75. The van der Waals surface area contributed by atoms with Crippen LogP contribution in [0, 0.1) is 19.3 Å². The highest BCUT2D eigenvalue weighted by atomic mass is 16.2. The van der Waals surface area contributed by atoms with Crippen LogP contribution >= 0.6 is 0 Å². The van der Waals surface area contributed by atoms with E-state index < -0.39 is 0 Å². The Morgan fingerprint density at radius 1 is 1.04 bits per heavy atom. The second kappa shape index (κ2) is 6.77. The number of nitrogens with zero attached hydrogens (tertiary/aromatic N) is 2. The van der Waals surface area contributed by atoms with Crippen LogP contribution in [-0.4, -0.2) is 52.8 Å². The molecule has 1 aliphatic heterocycles. The second-order valence-electron chi connectivity index (χ2n) is 7.78. The van der Waals surface area contributed by atoms with Crippen molar-refractivity contribution in [2.75, 3.05) is 26.2 Å². The van der Waals surface area contributed by atoms with Crippen molar-refractivity contribution in [3.63, 3.8) is 0 Å². The number of piperazine rings is 1. The maximum absolute atomic E-state index is 12.4. The highest BCUT2D eigenvalue weighted by Gasteiger charge is 2.26. The molecule has 2 amide bonds. The third-order valence-electron chi connectivity index (χ3n) is 4.27. The van der Waals surface area contributed by atoms with Crippen LogP contribution in [0.3, 0.4) is 0 Å². The van der Waals surface area contributed by atoms with Gasteiger partial charge in [-0.25, -0.2) is 0 Å². The molecule has 1 fully saturated rings. The molecule has 1 saturated heterocycles. The van der Waals surface area contributed by atoms with Crippen LogP contribution in [0.2, 0.25) is 0 Å². The lowest BCUT2D eigenvalue weighted by molar-refractivity contribution is -0.140. The zero-order chi connectivity index (χ0) is 17.2. The standard InChI is InChI=1S/C18H29N3O2/c1-13-10-15(14(2)19-13)11-16(22)20-6-8-21(9-7-20)17(23)12-18(3,4)5/h10,19H,6-9,11-12H2,1-5H3. The summed E-state index contributed by atoms with van der Waals surface area (Å²) in [7, 11) is 0. The average molecular weight is 319 g/mol. The van der Waals surface area contributed by atoms with Gasteiger partial charge in [-0.05, 0) is 30.9 Å².